The first-order valence-corrected chi connectivity index (χ1v) is 5.42. The second-order valence-electron chi connectivity index (χ2n) is 3.58. The highest BCUT2D eigenvalue weighted by Crippen LogP contribution is 2.13. The first kappa shape index (κ1) is 13.2. The molecule has 0 saturated heterocycles. The lowest BCUT2D eigenvalue weighted by atomic mass is 10.1. The topological polar surface area (TPSA) is 68.3 Å². The maximum Gasteiger partial charge on any atom is 0.257 e. The van der Waals surface area contributed by atoms with Gasteiger partial charge in [0.05, 0.1) is 13.2 Å². The van der Waals surface area contributed by atoms with Gasteiger partial charge in [-0.3, -0.25) is 9.59 Å². The minimum Gasteiger partial charge on any atom is -0.480 e. The largest absolute Gasteiger partial charge is 0.480 e. The van der Waals surface area contributed by atoms with Crippen LogP contribution in [-0.2, 0) is 4.79 Å². The molecule has 1 unspecified atom stereocenters. The Kier molecular flexibility index (Phi) is 4.63. The van der Waals surface area contributed by atoms with E-state index in [1.807, 2.05) is 0 Å². The van der Waals surface area contributed by atoms with Crippen molar-refractivity contribution < 1.29 is 14.3 Å². The molecule has 1 aromatic rings. The van der Waals surface area contributed by atoms with E-state index in [0.29, 0.717) is 12.0 Å². The molecule has 1 amide bonds. The van der Waals surface area contributed by atoms with Crippen LogP contribution in [0.25, 0.3) is 0 Å². The Hall–Kier alpha value is -1.91. The van der Waals surface area contributed by atoms with Crippen molar-refractivity contribution in [3.63, 3.8) is 0 Å². The lowest BCUT2D eigenvalue weighted by Crippen LogP contribution is -2.38. The number of carbonyl (C=O) groups excluding carboxylic acids is 2. The van der Waals surface area contributed by atoms with E-state index in [1.54, 1.807) is 26.0 Å². The van der Waals surface area contributed by atoms with Gasteiger partial charge < -0.3 is 10.1 Å². The number of ketones is 1. The second kappa shape index (κ2) is 5.98. The van der Waals surface area contributed by atoms with Crippen LogP contribution < -0.4 is 10.1 Å². The van der Waals surface area contributed by atoms with Crippen molar-refractivity contribution in [3.05, 3.63) is 23.9 Å². The molecule has 1 rings (SSSR count). The van der Waals surface area contributed by atoms with E-state index in [9.17, 15) is 9.59 Å². The van der Waals surface area contributed by atoms with Gasteiger partial charge in [-0.1, -0.05) is 6.92 Å². The molecule has 0 spiro atoms. The highest BCUT2D eigenvalue weighted by Gasteiger charge is 2.18. The maximum absolute atomic E-state index is 11.9. The number of hydrogen-bond acceptors (Lipinski definition) is 4. The molecular weight excluding hydrogens is 220 g/mol. The number of aromatic nitrogens is 1. The van der Waals surface area contributed by atoms with Gasteiger partial charge in [0.1, 0.15) is 5.56 Å². The van der Waals surface area contributed by atoms with Gasteiger partial charge >= 0.3 is 0 Å². The van der Waals surface area contributed by atoms with Crippen molar-refractivity contribution in [2.45, 2.75) is 26.3 Å². The summed E-state index contributed by atoms with van der Waals surface area (Å²) in [4.78, 5) is 27.2. The third kappa shape index (κ3) is 3.27. The van der Waals surface area contributed by atoms with Crippen LogP contribution in [0.5, 0.6) is 5.88 Å². The summed E-state index contributed by atoms with van der Waals surface area (Å²) in [6.45, 7) is 3.42. The number of hydrogen-bond donors (Lipinski definition) is 1. The van der Waals surface area contributed by atoms with Gasteiger partial charge in [0.15, 0.2) is 5.78 Å². The number of pyridine rings is 1. The minimum atomic E-state index is -0.502. The first-order chi connectivity index (χ1) is 8.10. The standard InChI is InChI=1S/C12H16N2O3/c1-4-10(15)8(2)14-11(16)9-6-5-7-13-12(9)17-3/h5-8H,4H2,1-3H3,(H,14,16). The molecule has 0 bridgehead atoms. The average Bonchev–Trinajstić information content (AvgIpc) is 2.37. The number of ether oxygens (including phenoxy) is 1. The molecule has 5 heteroatoms. The molecule has 1 N–H and O–H groups in total. The lowest BCUT2D eigenvalue weighted by molar-refractivity contribution is -0.120. The van der Waals surface area contributed by atoms with Crippen molar-refractivity contribution in [2.75, 3.05) is 7.11 Å². The monoisotopic (exact) mass is 236 g/mol. The van der Waals surface area contributed by atoms with Gasteiger partial charge in [0.2, 0.25) is 5.88 Å². The zero-order chi connectivity index (χ0) is 12.8. The Balaban J connectivity index is 2.79. The fraction of sp³-hybridized carbons (Fsp3) is 0.417. The quantitative estimate of drug-likeness (QED) is 0.833. The Morgan fingerprint density at radius 2 is 2.24 bits per heavy atom. The van der Waals surface area contributed by atoms with Gasteiger partial charge in [0.25, 0.3) is 5.91 Å². The molecule has 0 aromatic carbocycles. The molecular formula is C12H16N2O3. The molecule has 1 atom stereocenters. The smallest absolute Gasteiger partial charge is 0.257 e. The molecule has 0 radical (unpaired) electrons. The van der Waals surface area contributed by atoms with E-state index in [2.05, 4.69) is 10.3 Å². The lowest BCUT2D eigenvalue weighted by Gasteiger charge is -2.12. The number of Topliss-reactive ketones (excluding diaryl/α,β-unsaturated/α-hetero) is 1. The van der Waals surface area contributed by atoms with Gasteiger partial charge in [-0.15, -0.1) is 0 Å². The SMILES string of the molecule is CCC(=O)C(C)NC(=O)c1cccnc1OC. The van der Waals surface area contributed by atoms with Crippen LogP contribution in [0.3, 0.4) is 0 Å². The van der Waals surface area contributed by atoms with Crippen LogP contribution in [0, 0.1) is 0 Å². The number of carbonyl (C=O) groups is 2. The number of methoxy groups -OCH3 is 1. The van der Waals surface area contributed by atoms with Crippen LogP contribution in [-0.4, -0.2) is 29.8 Å². The average molecular weight is 236 g/mol. The highest BCUT2D eigenvalue weighted by atomic mass is 16.5. The molecule has 0 saturated carbocycles. The van der Waals surface area contributed by atoms with E-state index >= 15 is 0 Å². The summed E-state index contributed by atoms with van der Waals surface area (Å²) in [6.07, 6.45) is 1.93. The van der Waals surface area contributed by atoms with Gasteiger partial charge in [-0.2, -0.15) is 0 Å². The van der Waals surface area contributed by atoms with Crippen LogP contribution in [0.15, 0.2) is 18.3 Å². The van der Waals surface area contributed by atoms with Crippen LogP contribution in [0.4, 0.5) is 0 Å². The Morgan fingerprint density at radius 3 is 2.82 bits per heavy atom. The second-order valence-corrected chi connectivity index (χ2v) is 3.58. The third-order valence-corrected chi connectivity index (χ3v) is 2.39. The summed E-state index contributed by atoms with van der Waals surface area (Å²) in [7, 11) is 1.44. The maximum atomic E-state index is 11.9. The predicted molar refractivity (Wildman–Crippen MR) is 63.0 cm³/mol. The van der Waals surface area contributed by atoms with E-state index in [0.717, 1.165) is 0 Å². The van der Waals surface area contributed by atoms with E-state index in [1.165, 1.54) is 13.3 Å². The number of nitrogens with one attached hydrogen (secondary N) is 1. The molecule has 0 aliphatic heterocycles. The fourth-order valence-electron chi connectivity index (χ4n) is 1.39. The first-order valence-electron chi connectivity index (χ1n) is 5.42. The zero-order valence-corrected chi connectivity index (χ0v) is 10.2. The number of rotatable bonds is 5. The van der Waals surface area contributed by atoms with Gasteiger partial charge in [-0.25, -0.2) is 4.98 Å². The predicted octanol–water partition coefficient (Wildman–Crippen LogP) is 1.19. The van der Waals surface area contributed by atoms with Gasteiger partial charge in [-0.05, 0) is 19.1 Å². The molecule has 17 heavy (non-hydrogen) atoms. The van der Waals surface area contributed by atoms with Gasteiger partial charge in [0, 0.05) is 12.6 Å². The fourth-order valence-corrected chi connectivity index (χ4v) is 1.39. The Labute approximate surface area is 100 Å². The summed E-state index contributed by atoms with van der Waals surface area (Å²) >= 11 is 0. The minimum absolute atomic E-state index is 0.0128. The molecule has 0 aliphatic carbocycles. The van der Waals surface area contributed by atoms with E-state index in [-0.39, 0.29) is 17.6 Å². The molecule has 0 fully saturated rings. The molecule has 92 valence electrons. The summed E-state index contributed by atoms with van der Waals surface area (Å²) < 4.78 is 4.98. The molecule has 5 nitrogen and oxygen atoms in total. The molecule has 1 heterocycles. The van der Waals surface area contributed by atoms with E-state index in [4.69, 9.17) is 4.74 Å². The van der Waals surface area contributed by atoms with E-state index < -0.39 is 6.04 Å². The van der Waals surface area contributed by atoms with Crippen LogP contribution >= 0.6 is 0 Å². The third-order valence-electron chi connectivity index (χ3n) is 2.39. The van der Waals surface area contributed by atoms with Crippen molar-refractivity contribution >= 4 is 11.7 Å². The summed E-state index contributed by atoms with van der Waals surface area (Å²) in [5.41, 5.74) is 0.325. The van der Waals surface area contributed by atoms with Crippen molar-refractivity contribution in [3.8, 4) is 5.88 Å². The van der Waals surface area contributed by atoms with Crippen LogP contribution in [0.1, 0.15) is 30.6 Å². The Bertz CT molecular complexity index is 418. The number of amides is 1. The molecule has 1 aromatic heterocycles. The van der Waals surface area contributed by atoms with Crippen molar-refractivity contribution in [1.29, 1.82) is 0 Å². The van der Waals surface area contributed by atoms with Crippen molar-refractivity contribution in [1.82, 2.24) is 10.3 Å². The Morgan fingerprint density at radius 1 is 1.53 bits per heavy atom. The summed E-state index contributed by atoms with van der Waals surface area (Å²) in [6, 6.07) is 2.74. The highest BCUT2D eigenvalue weighted by molar-refractivity contribution is 5.99. The zero-order valence-electron chi connectivity index (χ0n) is 10.2. The van der Waals surface area contributed by atoms with Crippen LogP contribution in [0.2, 0.25) is 0 Å². The summed E-state index contributed by atoms with van der Waals surface area (Å²) in [5.74, 6) is -0.119. The molecule has 0 aliphatic rings. The van der Waals surface area contributed by atoms with Crippen molar-refractivity contribution in [2.24, 2.45) is 0 Å². The normalized spacial score (nSPS) is 11.7. The summed E-state index contributed by atoms with van der Waals surface area (Å²) in [5, 5.41) is 2.61. The number of nitrogens with zero attached hydrogens (tertiary/aromatic N) is 1.